The fraction of sp³-hybridized carbons (Fsp3) is 0. The number of aromatic nitrogens is 1. The molecule has 2 aromatic carbocycles. The molecule has 0 aliphatic carbocycles. The Bertz CT molecular complexity index is 1380. The van der Waals surface area contributed by atoms with E-state index < -0.39 is 27.7 Å². The second-order valence-electron chi connectivity index (χ2n) is 6.41. The summed E-state index contributed by atoms with van der Waals surface area (Å²) in [7, 11) is -3.85. The Balaban J connectivity index is 1.48. The van der Waals surface area contributed by atoms with Gasteiger partial charge in [-0.25, -0.2) is 12.8 Å². The number of fused-ring (bicyclic) bond motifs is 1. The molecule has 31 heavy (non-hydrogen) atoms. The van der Waals surface area contributed by atoms with Crippen LogP contribution in [0, 0.1) is 5.82 Å². The lowest BCUT2D eigenvalue weighted by molar-refractivity contribution is 0.0845. The van der Waals surface area contributed by atoms with E-state index in [-0.39, 0.29) is 21.2 Å². The van der Waals surface area contributed by atoms with Crippen LogP contribution in [0.15, 0.2) is 70.3 Å². The fourth-order valence-corrected chi connectivity index (χ4v) is 4.93. The maximum absolute atomic E-state index is 13.3. The SMILES string of the molecule is O=C(NNC(=O)c1ccccc1NS(=O)(=O)c1cccs1)c1cc2cc(F)ccc2[nH]1. The Hall–Kier alpha value is -3.70. The standard InChI is InChI=1S/C20H15FN4O4S2/c21-13-7-8-15-12(10-13)11-17(22-15)20(27)24-23-19(26)14-4-1-2-5-16(14)25-31(28,29)18-6-3-9-30-18/h1-11,22,25H,(H,23,26)(H,24,27). The molecular weight excluding hydrogens is 443 g/mol. The van der Waals surface area contributed by atoms with E-state index >= 15 is 0 Å². The van der Waals surface area contributed by atoms with Crippen LogP contribution < -0.4 is 15.6 Å². The maximum Gasteiger partial charge on any atom is 0.286 e. The molecular formula is C20H15FN4O4S2. The van der Waals surface area contributed by atoms with Gasteiger partial charge in [0.25, 0.3) is 21.8 Å². The first-order valence-corrected chi connectivity index (χ1v) is 11.2. The summed E-state index contributed by atoms with van der Waals surface area (Å²) in [5.74, 6) is -1.81. The predicted molar refractivity (Wildman–Crippen MR) is 115 cm³/mol. The number of para-hydroxylation sites is 1. The molecule has 2 heterocycles. The molecule has 2 aromatic heterocycles. The smallest absolute Gasteiger partial charge is 0.286 e. The Kier molecular flexibility index (Phi) is 5.44. The summed E-state index contributed by atoms with van der Waals surface area (Å²) >= 11 is 1.04. The van der Waals surface area contributed by atoms with Gasteiger partial charge >= 0.3 is 0 Å². The minimum atomic E-state index is -3.85. The van der Waals surface area contributed by atoms with Gasteiger partial charge in [-0.05, 0) is 47.8 Å². The molecule has 158 valence electrons. The number of carbonyl (C=O) groups excluding carboxylic acids is 2. The average molecular weight is 458 g/mol. The summed E-state index contributed by atoms with van der Waals surface area (Å²) in [6.45, 7) is 0. The van der Waals surface area contributed by atoms with E-state index in [4.69, 9.17) is 0 Å². The minimum absolute atomic E-state index is 0.0154. The van der Waals surface area contributed by atoms with Crippen LogP contribution in [-0.4, -0.2) is 25.2 Å². The first kappa shape index (κ1) is 20.6. The summed E-state index contributed by atoms with van der Waals surface area (Å²) < 4.78 is 40.7. The molecule has 0 atom stereocenters. The molecule has 0 saturated heterocycles. The van der Waals surface area contributed by atoms with E-state index in [1.54, 1.807) is 23.6 Å². The Labute approximate surface area is 180 Å². The minimum Gasteiger partial charge on any atom is -0.350 e. The topological polar surface area (TPSA) is 120 Å². The van der Waals surface area contributed by atoms with Crippen molar-refractivity contribution in [3.05, 3.63) is 83.1 Å². The number of nitrogens with one attached hydrogen (secondary N) is 4. The van der Waals surface area contributed by atoms with Crippen LogP contribution in [0.2, 0.25) is 0 Å². The number of hydrogen-bond acceptors (Lipinski definition) is 5. The molecule has 2 amide bonds. The second kappa shape index (κ2) is 8.20. The van der Waals surface area contributed by atoms with E-state index in [1.807, 2.05) is 0 Å². The Morgan fingerprint density at radius 3 is 2.48 bits per heavy atom. The average Bonchev–Trinajstić information content (AvgIpc) is 3.42. The lowest BCUT2D eigenvalue weighted by atomic mass is 10.2. The Morgan fingerprint density at radius 2 is 1.71 bits per heavy atom. The number of sulfonamides is 1. The van der Waals surface area contributed by atoms with Crippen LogP contribution in [0.25, 0.3) is 10.9 Å². The third-order valence-electron chi connectivity index (χ3n) is 4.29. The van der Waals surface area contributed by atoms with Crippen LogP contribution in [0.5, 0.6) is 0 Å². The third kappa shape index (κ3) is 4.42. The monoisotopic (exact) mass is 458 g/mol. The van der Waals surface area contributed by atoms with Crippen LogP contribution >= 0.6 is 11.3 Å². The summed E-state index contributed by atoms with van der Waals surface area (Å²) in [5.41, 5.74) is 5.25. The maximum atomic E-state index is 13.3. The molecule has 0 bridgehead atoms. The van der Waals surface area contributed by atoms with Crippen molar-refractivity contribution in [1.82, 2.24) is 15.8 Å². The highest BCUT2D eigenvalue weighted by Crippen LogP contribution is 2.23. The number of amides is 2. The van der Waals surface area contributed by atoms with Gasteiger partial charge in [0, 0.05) is 10.9 Å². The third-order valence-corrected chi connectivity index (χ3v) is 7.06. The molecule has 0 saturated carbocycles. The van der Waals surface area contributed by atoms with Crippen molar-refractivity contribution in [3.8, 4) is 0 Å². The van der Waals surface area contributed by atoms with Gasteiger partial charge in [-0.1, -0.05) is 18.2 Å². The highest BCUT2D eigenvalue weighted by molar-refractivity contribution is 7.94. The van der Waals surface area contributed by atoms with Crippen LogP contribution in [0.4, 0.5) is 10.1 Å². The fourth-order valence-electron chi connectivity index (χ4n) is 2.86. The first-order valence-electron chi connectivity index (χ1n) is 8.88. The van der Waals surface area contributed by atoms with Crippen LogP contribution in [-0.2, 0) is 10.0 Å². The largest absolute Gasteiger partial charge is 0.350 e. The van der Waals surface area contributed by atoms with Crippen molar-refractivity contribution in [2.24, 2.45) is 0 Å². The summed E-state index contributed by atoms with van der Waals surface area (Å²) in [4.78, 5) is 27.7. The number of carbonyl (C=O) groups is 2. The molecule has 0 aliphatic rings. The van der Waals surface area contributed by atoms with Crippen molar-refractivity contribution in [3.63, 3.8) is 0 Å². The number of halogens is 1. The van der Waals surface area contributed by atoms with Crippen molar-refractivity contribution in [2.75, 3.05) is 4.72 Å². The molecule has 0 radical (unpaired) electrons. The molecule has 4 aromatic rings. The van der Waals surface area contributed by atoms with Gasteiger partial charge in [-0.3, -0.25) is 25.2 Å². The van der Waals surface area contributed by atoms with Crippen LogP contribution in [0.3, 0.4) is 0 Å². The van der Waals surface area contributed by atoms with Crippen LogP contribution in [0.1, 0.15) is 20.8 Å². The second-order valence-corrected chi connectivity index (χ2v) is 9.26. The highest BCUT2D eigenvalue weighted by atomic mass is 32.2. The van der Waals surface area contributed by atoms with Gasteiger partial charge in [0.05, 0.1) is 11.3 Å². The number of anilines is 1. The van der Waals surface area contributed by atoms with E-state index in [9.17, 15) is 22.4 Å². The molecule has 0 unspecified atom stereocenters. The van der Waals surface area contributed by atoms with E-state index in [2.05, 4.69) is 20.6 Å². The highest BCUT2D eigenvalue weighted by Gasteiger charge is 2.20. The van der Waals surface area contributed by atoms with Crippen molar-refractivity contribution in [1.29, 1.82) is 0 Å². The van der Waals surface area contributed by atoms with Crippen molar-refractivity contribution in [2.45, 2.75) is 4.21 Å². The molecule has 4 rings (SSSR count). The van der Waals surface area contributed by atoms with Gasteiger partial charge in [-0.15, -0.1) is 11.3 Å². The zero-order chi connectivity index (χ0) is 22.0. The van der Waals surface area contributed by atoms with Gasteiger partial charge in [0.1, 0.15) is 15.7 Å². The number of rotatable bonds is 5. The van der Waals surface area contributed by atoms with Crippen molar-refractivity contribution < 1.29 is 22.4 Å². The number of hydrogen-bond donors (Lipinski definition) is 4. The lowest BCUT2D eigenvalue weighted by Gasteiger charge is -2.12. The molecule has 4 N–H and O–H groups in total. The molecule has 11 heteroatoms. The van der Waals surface area contributed by atoms with Crippen molar-refractivity contribution >= 4 is 49.8 Å². The van der Waals surface area contributed by atoms with Gasteiger partial charge in [0.2, 0.25) is 0 Å². The normalized spacial score (nSPS) is 11.3. The summed E-state index contributed by atoms with van der Waals surface area (Å²) in [5, 5.41) is 2.13. The quantitative estimate of drug-likeness (QED) is 0.343. The molecule has 0 aliphatic heterocycles. The van der Waals surface area contributed by atoms with Gasteiger partial charge < -0.3 is 4.98 Å². The van der Waals surface area contributed by atoms with Gasteiger partial charge in [0.15, 0.2) is 0 Å². The molecule has 0 fully saturated rings. The van der Waals surface area contributed by atoms with E-state index in [0.717, 1.165) is 11.3 Å². The zero-order valence-corrected chi connectivity index (χ0v) is 17.3. The van der Waals surface area contributed by atoms with E-state index in [1.165, 1.54) is 42.5 Å². The number of benzene rings is 2. The first-order chi connectivity index (χ1) is 14.8. The number of H-pyrrole nitrogens is 1. The predicted octanol–water partition coefficient (Wildman–Crippen LogP) is 3.24. The molecule has 0 spiro atoms. The summed E-state index contributed by atoms with van der Waals surface area (Å²) in [6, 6.07) is 14.5. The van der Waals surface area contributed by atoms with Gasteiger partial charge in [-0.2, -0.15) is 0 Å². The number of aromatic amines is 1. The zero-order valence-electron chi connectivity index (χ0n) is 15.7. The lowest BCUT2D eigenvalue weighted by Crippen LogP contribution is -2.42. The van der Waals surface area contributed by atoms with E-state index in [0.29, 0.717) is 10.9 Å². The Morgan fingerprint density at radius 1 is 0.935 bits per heavy atom. The number of thiophene rings is 1. The number of hydrazine groups is 1. The molecule has 8 nitrogen and oxygen atoms in total. The summed E-state index contributed by atoms with van der Waals surface area (Å²) in [6.07, 6.45) is 0.